The number of nitriles is 1. The molecule has 0 N–H and O–H groups in total. The lowest BCUT2D eigenvalue weighted by Gasteiger charge is -2.08. The van der Waals surface area contributed by atoms with Crippen molar-refractivity contribution in [3.05, 3.63) is 66.0 Å². The van der Waals surface area contributed by atoms with Crippen LogP contribution in [0.3, 0.4) is 0 Å². The van der Waals surface area contributed by atoms with Gasteiger partial charge in [-0.2, -0.15) is 15.2 Å². The first-order chi connectivity index (χ1) is 11.7. The molecule has 0 saturated carbocycles. The Morgan fingerprint density at radius 2 is 1.96 bits per heavy atom. The van der Waals surface area contributed by atoms with E-state index in [2.05, 4.69) is 10.2 Å². The molecule has 0 unspecified atom stereocenters. The highest BCUT2D eigenvalue weighted by Crippen LogP contribution is 2.28. The molecule has 0 spiro atoms. The van der Waals surface area contributed by atoms with Crippen LogP contribution in [0.5, 0.6) is 11.5 Å². The van der Waals surface area contributed by atoms with Crippen molar-refractivity contribution in [2.75, 3.05) is 7.11 Å². The molecule has 0 atom stereocenters. The summed E-state index contributed by atoms with van der Waals surface area (Å²) in [6.07, 6.45) is 1.32. The lowest BCUT2D eigenvalue weighted by Crippen LogP contribution is -2.11. The summed E-state index contributed by atoms with van der Waals surface area (Å²) in [6, 6.07) is 15.7. The van der Waals surface area contributed by atoms with Crippen LogP contribution < -0.4 is 9.47 Å². The molecular weight excluding hydrogens is 308 g/mol. The minimum absolute atomic E-state index is 0.0604. The summed E-state index contributed by atoms with van der Waals surface area (Å²) in [7, 11) is 1.43. The fraction of sp³-hybridized carbons (Fsp3) is 0.0588. The molecule has 0 saturated heterocycles. The fourth-order valence-electron chi connectivity index (χ4n) is 2.02. The van der Waals surface area contributed by atoms with Crippen LogP contribution in [-0.2, 0) is 0 Å². The van der Waals surface area contributed by atoms with E-state index in [0.29, 0.717) is 5.56 Å². The van der Waals surface area contributed by atoms with E-state index in [1.54, 1.807) is 0 Å². The van der Waals surface area contributed by atoms with Crippen LogP contribution in [0, 0.1) is 11.3 Å². The third-order valence-corrected chi connectivity index (χ3v) is 3.18. The normalized spacial score (nSPS) is 10.0. The molecule has 0 amide bonds. The third-order valence-electron chi connectivity index (χ3n) is 3.18. The fourth-order valence-corrected chi connectivity index (χ4v) is 2.02. The van der Waals surface area contributed by atoms with Crippen LogP contribution in [0.4, 0.5) is 0 Å². The Labute approximate surface area is 137 Å². The van der Waals surface area contributed by atoms with Crippen LogP contribution >= 0.6 is 0 Å². The van der Waals surface area contributed by atoms with Crippen LogP contribution in [0.15, 0.2) is 54.7 Å². The Bertz CT molecular complexity index is 913. The summed E-state index contributed by atoms with van der Waals surface area (Å²) in [6.45, 7) is 0. The van der Waals surface area contributed by atoms with E-state index in [1.807, 2.05) is 36.4 Å². The molecule has 0 aliphatic carbocycles. The van der Waals surface area contributed by atoms with Gasteiger partial charge in [0, 0.05) is 6.07 Å². The molecule has 1 heterocycles. The Hall–Kier alpha value is -3.66. The van der Waals surface area contributed by atoms with Gasteiger partial charge in [0.05, 0.1) is 30.6 Å². The molecule has 2 aromatic carbocycles. The molecule has 0 bridgehead atoms. The van der Waals surface area contributed by atoms with Gasteiger partial charge in [0.15, 0.2) is 17.2 Å². The van der Waals surface area contributed by atoms with E-state index in [0.717, 1.165) is 5.69 Å². The topological polar surface area (TPSA) is 90.0 Å². The van der Waals surface area contributed by atoms with Gasteiger partial charge in [-0.1, -0.05) is 18.2 Å². The number of benzene rings is 2. The number of ether oxygens (including phenoxy) is 2. The van der Waals surface area contributed by atoms with Crippen molar-refractivity contribution in [1.82, 2.24) is 15.0 Å². The number of para-hydroxylation sites is 1. The molecule has 24 heavy (non-hydrogen) atoms. The van der Waals surface area contributed by atoms with Gasteiger partial charge in [-0.3, -0.25) is 0 Å². The van der Waals surface area contributed by atoms with E-state index in [9.17, 15) is 4.79 Å². The Balaban J connectivity index is 1.81. The first-order valence-corrected chi connectivity index (χ1v) is 6.99. The Morgan fingerprint density at radius 1 is 1.17 bits per heavy atom. The van der Waals surface area contributed by atoms with E-state index in [1.165, 1.54) is 36.3 Å². The van der Waals surface area contributed by atoms with Gasteiger partial charge in [0.2, 0.25) is 0 Å². The lowest BCUT2D eigenvalue weighted by atomic mass is 10.2. The highest BCUT2D eigenvalue weighted by Gasteiger charge is 2.16. The Kier molecular flexibility index (Phi) is 4.21. The highest BCUT2D eigenvalue weighted by molar-refractivity contribution is 5.89. The summed E-state index contributed by atoms with van der Waals surface area (Å²) in [5.41, 5.74) is 1.19. The second-order valence-corrected chi connectivity index (χ2v) is 4.72. The zero-order chi connectivity index (χ0) is 16.9. The highest BCUT2D eigenvalue weighted by atomic mass is 16.6. The molecule has 0 fully saturated rings. The van der Waals surface area contributed by atoms with Gasteiger partial charge in [0.25, 0.3) is 0 Å². The van der Waals surface area contributed by atoms with Gasteiger partial charge in [-0.15, -0.1) is 5.10 Å². The van der Waals surface area contributed by atoms with Gasteiger partial charge in [0.1, 0.15) is 0 Å². The van der Waals surface area contributed by atoms with Crippen molar-refractivity contribution < 1.29 is 14.3 Å². The van der Waals surface area contributed by atoms with Crippen LogP contribution in [0.25, 0.3) is 5.69 Å². The molecule has 0 aliphatic heterocycles. The molecule has 1 aromatic heterocycles. The average molecular weight is 320 g/mol. The zero-order valence-electron chi connectivity index (χ0n) is 12.7. The summed E-state index contributed by atoms with van der Waals surface area (Å²) in [5.74, 6) is -0.172. The second kappa shape index (κ2) is 6.62. The number of aromatic nitrogens is 3. The number of hydrogen-bond donors (Lipinski definition) is 0. The van der Waals surface area contributed by atoms with E-state index >= 15 is 0 Å². The maximum atomic E-state index is 12.2. The number of rotatable bonds is 4. The maximum absolute atomic E-state index is 12.2. The largest absolute Gasteiger partial charge is 0.493 e. The smallest absolute Gasteiger partial charge is 0.366 e. The predicted molar refractivity (Wildman–Crippen MR) is 84.0 cm³/mol. The molecule has 0 aliphatic rings. The standard InChI is InChI=1S/C17H12N4O3/c1-23-16-9-12(10-18)7-8-15(16)24-17(22)14-11-19-21(20-14)13-5-3-2-4-6-13/h2-9,11H,1H3. The molecular formula is C17H12N4O3. The summed E-state index contributed by atoms with van der Waals surface area (Å²) >= 11 is 0. The first kappa shape index (κ1) is 15.2. The minimum Gasteiger partial charge on any atom is -0.493 e. The van der Waals surface area contributed by atoms with E-state index in [4.69, 9.17) is 14.7 Å². The molecule has 7 heteroatoms. The number of nitrogens with zero attached hydrogens (tertiary/aromatic N) is 4. The third kappa shape index (κ3) is 3.08. The van der Waals surface area contributed by atoms with Crippen molar-refractivity contribution in [3.63, 3.8) is 0 Å². The van der Waals surface area contributed by atoms with Crippen LogP contribution in [0.1, 0.15) is 16.1 Å². The van der Waals surface area contributed by atoms with Gasteiger partial charge < -0.3 is 9.47 Å². The first-order valence-electron chi connectivity index (χ1n) is 6.99. The number of hydrogen-bond acceptors (Lipinski definition) is 6. The van der Waals surface area contributed by atoms with Crippen molar-refractivity contribution >= 4 is 5.97 Å². The number of esters is 1. The number of methoxy groups -OCH3 is 1. The lowest BCUT2D eigenvalue weighted by molar-refractivity contribution is 0.0723. The molecule has 0 radical (unpaired) electrons. The molecule has 3 rings (SSSR count). The number of carbonyl (C=O) groups is 1. The van der Waals surface area contributed by atoms with Gasteiger partial charge in [-0.25, -0.2) is 4.79 Å². The maximum Gasteiger partial charge on any atom is 0.366 e. The summed E-state index contributed by atoms with van der Waals surface area (Å²) in [4.78, 5) is 13.6. The second-order valence-electron chi connectivity index (χ2n) is 4.72. The van der Waals surface area contributed by atoms with Crippen molar-refractivity contribution in [2.45, 2.75) is 0 Å². The van der Waals surface area contributed by atoms with Gasteiger partial charge >= 0.3 is 5.97 Å². The molecule has 118 valence electrons. The monoisotopic (exact) mass is 320 g/mol. The summed E-state index contributed by atoms with van der Waals surface area (Å²) < 4.78 is 10.4. The van der Waals surface area contributed by atoms with Crippen molar-refractivity contribution in [3.8, 4) is 23.3 Å². The Morgan fingerprint density at radius 3 is 2.67 bits per heavy atom. The minimum atomic E-state index is -0.666. The van der Waals surface area contributed by atoms with Crippen LogP contribution in [-0.4, -0.2) is 28.1 Å². The number of carbonyl (C=O) groups excluding carboxylic acids is 1. The van der Waals surface area contributed by atoms with E-state index < -0.39 is 5.97 Å². The quantitative estimate of drug-likeness (QED) is 0.541. The average Bonchev–Trinajstić information content (AvgIpc) is 3.13. The van der Waals surface area contributed by atoms with E-state index in [-0.39, 0.29) is 17.2 Å². The summed E-state index contributed by atoms with van der Waals surface area (Å²) in [5, 5.41) is 17.0. The van der Waals surface area contributed by atoms with Crippen molar-refractivity contribution in [2.24, 2.45) is 0 Å². The van der Waals surface area contributed by atoms with Gasteiger partial charge in [-0.05, 0) is 24.3 Å². The molecule has 3 aromatic rings. The molecule has 7 nitrogen and oxygen atoms in total. The zero-order valence-corrected chi connectivity index (χ0v) is 12.7. The van der Waals surface area contributed by atoms with Crippen molar-refractivity contribution in [1.29, 1.82) is 5.26 Å². The van der Waals surface area contributed by atoms with Crippen LogP contribution in [0.2, 0.25) is 0 Å². The predicted octanol–water partition coefficient (Wildman–Crippen LogP) is 2.37. The SMILES string of the molecule is COc1cc(C#N)ccc1OC(=O)c1cnn(-c2ccccc2)n1.